The molecule has 0 saturated heterocycles. The smallest absolute Gasteiger partial charge is 0.321 e. The molecule has 0 bridgehead atoms. The number of nitrogens with zero attached hydrogens (tertiary/aromatic N) is 1. The Hall–Kier alpha value is -6.09. The molecule has 0 spiro atoms. The summed E-state index contributed by atoms with van der Waals surface area (Å²) >= 11 is 0. The van der Waals surface area contributed by atoms with Crippen LogP contribution in [0, 0.1) is 6.92 Å². The summed E-state index contributed by atoms with van der Waals surface area (Å²) in [5.74, 6) is 0.432. The average Bonchev–Trinajstić information content (AvgIpc) is 3.75. The van der Waals surface area contributed by atoms with Crippen molar-refractivity contribution in [2.24, 2.45) is 11.5 Å². The van der Waals surface area contributed by atoms with Crippen LogP contribution in [0.2, 0.25) is 0 Å². The van der Waals surface area contributed by atoms with E-state index in [0.29, 0.717) is 37.3 Å². The lowest BCUT2D eigenvalue weighted by atomic mass is 9.94. The quantitative estimate of drug-likeness (QED) is 0.0478. The zero-order chi connectivity index (χ0) is 39.2. The highest BCUT2D eigenvalue weighted by Crippen LogP contribution is 2.40. The van der Waals surface area contributed by atoms with E-state index in [2.05, 4.69) is 37.9 Å². The molecule has 1 saturated carbocycles. The molecule has 0 atom stereocenters. The highest BCUT2D eigenvalue weighted by atomic mass is 16.5. The lowest BCUT2D eigenvalue weighted by Gasteiger charge is -2.17. The van der Waals surface area contributed by atoms with Crippen LogP contribution in [-0.2, 0) is 9.59 Å². The predicted octanol–water partition coefficient (Wildman–Crippen LogP) is 8.71. The molecule has 1 aliphatic rings. The highest BCUT2D eigenvalue weighted by molar-refractivity contribution is 6.23. The van der Waals surface area contributed by atoms with E-state index < -0.39 is 17.7 Å². The van der Waals surface area contributed by atoms with Gasteiger partial charge >= 0.3 is 6.03 Å². The maximum atomic E-state index is 13.7. The predicted molar refractivity (Wildman–Crippen MR) is 223 cm³/mol. The van der Waals surface area contributed by atoms with Crippen molar-refractivity contribution >= 4 is 61.9 Å². The molecule has 0 unspecified atom stereocenters. The number of unbranched alkanes of at least 4 members (excludes halogenated alkanes) is 2. The van der Waals surface area contributed by atoms with Crippen molar-refractivity contribution < 1.29 is 23.9 Å². The van der Waals surface area contributed by atoms with Crippen molar-refractivity contribution in [2.75, 3.05) is 20.3 Å². The van der Waals surface area contributed by atoms with Gasteiger partial charge in [-0.05, 0) is 97.6 Å². The first-order valence-electron chi connectivity index (χ1n) is 19.1. The van der Waals surface area contributed by atoms with E-state index in [9.17, 15) is 14.4 Å². The largest absolute Gasteiger partial charge is 0.493 e. The van der Waals surface area contributed by atoms with Crippen LogP contribution < -0.4 is 26.3 Å². The molecule has 4 aromatic carbocycles. The molecule has 9 nitrogen and oxygen atoms in total. The van der Waals surface area contributed by atoms with E-state index in [4.69, 9.17) is 20.9 Å². The van der Waals surface area contributed by atoms with Gasteiger partial charge in [-0.3, -0.25) is 14.5 Å². The van der Waals surface area contributed by atoms with E-state index in [1.807, 2.05) is 72.8 Å². The Balaban J connectivity index is 1.46. The number of hydrogen-bond acceptors (Lipinski definition) is 6. The van der Waals surface area contributed by atoms with E-state index in [1.165, 1.54) is 14.0 Å². The number of urea groups is 1. The molecule has 1 heterocycles. The Kier molecular flexibility index (Phi) is 11.9. The van der Waals surface area contributed by atoms with Gasteiger partial charge in [0.2, 0.25) is 0 Å². The molecule has 9 heteroatoms. The molecule has 5 N–H and O–H groups in total. The number of aromatic amines is 1. The minimum absolute atomic E-state index is 0.102. The Morgan fingerprint density at radius 2 is 1.38 bits per heavy atom. The number of carbonyl (C=O) groups excluding carboxylic acids is 3. The normalized spacial score (nSPS) is 16.2. The molecule has 6 rings (SSSR count). The number of imide groups is 1. The third kappa shape index (κ3) is 7.92. The number of hydrogen-bond donors (Lipinski definition) is 3. The molecule has 3 amide bonds. The number of aryl methyl sites for hydroxylation is 1. The zero-order valence-electron chi connectivity index (χ0n) is 32.4. The number of Topliss-reactive ketones (excluding diaryl/α,β-unsaturated/α-hetero) is 1. The summed E-state index contributed by atoms with van der Waals surface area (Å²) in [4.78, 5) is 43.5. The summed E-state index contributed by atoms with van der Waals surface area (Å²) in [5.41, 5.74) is 17.7. The van der Waals surface area contributed by atoms with Crippen molar-refractivity contribution in [1.82, 2.24) is 9.88 Å². The van der Waals surface area contributed by atoms with Gasteiger partial charge in [-0.1, -0.05) is 81.3 Å². The number of ketones is 1. The van der Waals surface area contributed by atoms with Crippen LogP contribution in [0.1, 0.15) is 70.4 Å². The summed E-state index contributed by atoms with van der Waals surface area (Å²) in [5, 5.41) is 6.01. The van der Waals surface area contributed by atoms with E-state index >= 15 is 0 Å². The molecule has 1 aliphatic carbocycles. The third-order valence-corrected chi connectivity index (χ3v) is 10.3. The SMILES string of the molecule is CCCCOc1ccc(C)c2c(\C(N)=C/C=C3\CCC(=C/C=c4/[nH]c5ccc(OCCCC)c6cccc4c56)\C3=C(\C(C)=O)C(=O)N(C)C(N)=O)cccc12. The first-order valence-corrected chi connectivity index (χ1v) is 19.1. The Labute approximate surface area is 322 Å². The Morgan fingerprint density at radius 1 is 0.782 bits per heavy atom. The van der Waals surface area contributed by atoms with E-state index in [-0.39, 0.29) is 5.57 Å². The maximum Gasteiger partial charge on any atom is 0.321 e. The first-order chi connectivity index (χ1) is 26.5. The van der Waals surface area contributed by atoms with Gasteiger partial charge < -0.3 is 25.9 Å². The number of carbonyl (C=O) groups is 3. The van der Waals surface area contributed by atoms with Crippen molar-refractivity contribution in [1.29, 1.82) is 0 Å². The van der Waals surface area contributed by atoms with Crippen LogP contribution in [0.15, 0.2) is 101 Å². The Bertz CT molecular complexity index is 2480. The lowest BCUT2D eigenvalue weighted by molar-refractivity contribution is -0.126. The topological polar surface area (TPSA) is 141 Å². The summed E-state index contributed by atoms with van der Waals surface area (Å²) in [6, 6.07) is 19.3. The molecule has 1 aromatic heterocycles. The monoisotopic (exact) mass is 738 g/mol. The van der Waals surface area contributed by atoms with Gasteiger partial charge in [-0.15, -0.1) is 0 Å². The molecular weight excluding hydrogens is 689 g/mol. The van der Waals surface area contributed by atoms with Gasteiger partial charge in [0.15, 0.2) is 5.78 Å². The summed E-state index contributed by atoms with van der Waals surface area (Å²) < 4.78 is 12.3. The zero-order valence-corrected chi connectivity index (χ0v) is 32.4. The number of likely N-dealkylation sites (N-methyl/N-ethyl adjacent to an activating group) is 1. The Morgan fingerprint density at radius 3 is 2.02 bits per heavy atom. The number of aromatic nitrogens is 1. The van der Waals surface area contributed by atoms with Crippen LogP contribution in [0.25, 0.3) is 44.2 Å². The van der Waals surface area contributed by atoms with Crippen LogP contribution in [0.3, 0.4) is 0 Å². The molecule has 55 heavy (non-hydrogen) atoms. The van der Waals surface area contributed by atoms with Crippen molar-refractivity contribution in [3.05, 3.63) is 118 Å². The van der Waals surface area contributed by atoms with Crippen molar-refractivity contribution in [3.63, 3.8) is 0 Å². The summed E-state index contributed by atoms with van der Waals surface area (Å²) in [6.07, 6.45) is 12.8. The number of nitrogens with two attached hydrogens (primary N) is 2. The van der Waals surface area contributed by atoms with E-state index in [1.54, 1.807) is 0 Å². The lowest BCUT2D eigenvalue weighted by Crippen LogP contribution is -2.39. The van der Waals surface area contributed by atoms with Crippen LogP contribution in [-0.4, -0.2) is 47.9 Å². The summed E-state index contributed by atoms with van der Waals surface area (Å²) in [7, 11) is 1.28. The standard InChI is InChI=1S/C46H50N4O5/c1-6-8-26-54-39-24-16-28(3)41-32(12-10-14-34(39)41)36(47)21-19-30-17-18-31(43(30)42(29(4)51)45(52)50(5)46(48)53)20-22-37-33-13-11-15-35-40(55-27-9-7-2)25-23-38(49-37)44(33)35/h10-16,19-25,49H,6-9,17-18,26-27,47H2,1-5H3,(H2,48,53)/b30-19+,31-20+,36-21+,37-22+,43-42-. The fraction of sp³-hybridized carbons (Fsp3) is 0.283. The molecule has 0 aliphatic heterocycles. The first kappa shape index (κ1) is 38.6. The van der Waals surface area contributed by atoms with Crippen LogP contribution in [0.4, 0.5) is 4.79 Å². The number of allylic oxidation sites excluding steroid dienone is 6. The van der Waals surface area contributed by atoms with Gasteiger partial charge in [-0.2, -0.15) is 0 Å². The van der Waals surface area contributed by atoms with Gasteiger partial charge in [0.1, 0.15) is 11.5 Å². The fourth-order valence-corrected chi connectivity index (χ4v) is 7.30. The third-order valence-electron chi connectivity index (χ3n) is 10.3. The molecular formula is C46H50N4O5. The van der Waals surface area contributed by atoms with E-state index in [0.717, 1.165) is 102 Å². The maximum absolute atomic E-state index is 13.7. The number of fused-ring (bicyclic) bond motifs is 1. The minimum Gasteiger partial charge on any atom is -0.493 e. The number of nitrogens with one attached hydrogen (secondary N) is 1. The van der Waals surface area contributed by atoms with Crippen molar-refractivity contribution in [2.45, 2.75) is 66.2 Å². The van der Waals surface area contributed by atoms with Gasteiger partial charge in [-0.25, -0.2) is 4.79 Å². The second-order valence-corrected chi connectivity index (χ2v) is 14.1. The molecule has 0 radical (unpaired) electrons. The average molecular weight is 739 g/mol. The molecule has 284 valence electrons. The van der Waals surface area contributed by atoms with Gasteiger partial charge in [0.05, 0.1) is 18.8 Å². The second kappa shape index (κ2) is 16.9. The second-order valence-electron chi connectivity index (χ2n) is 14.1. The molecule has 5 aromatic rings. The van der Waals surface area contributed by atoms with Gasteiger partial charge in [0.25, 0.3) is 5.91 Å². The molecule has 1 fully saturated rings. The number of amides is 3. The minimum atomic E-state index is -0.951. The number of ether oxygens (including phenoxy) is 2. The van der Waals surface area contributed by atoms with Gasteiger partial charge in [0, 0.05) is 50.7 Å². The number of H-pyrrole nitrogens is 1. The van der Waals surface area contributed by atoms with Crippen LogP contribution in [0.5, 0.6) is 11.5 Å². The fourth-order valence-electron chi connectivity index (χ4n) is 7.30. The van der Waals surface area contributed by atoms with Crippen LogP contribution >= 0.6 is 0 Å². The van der Waals surface area contributed by atoms with Crippen molar-refractivity contribution in [3.8, 4) is 11.5 Å². The number of benzene rings is 4. The highest BCUT2D eigenvalue weighted by Gasteiger charge is 2.31. The number of primary amides is 1. The number of rotatable bonds is 13. The summed E-state index contributed by atoms with van der Waals surface area (Å²) in [6.45, 7) is 8.94.